The van der Waals surface area contributed by atoms with Crippen LogP contribution < -0.4 is 10.5 Å². The maximum Gasteiger partial charge on any atom is 0.404 e. The van der Waals surface area contributed by atoms with Gasteiger partial charge in [-0.05, 0) is 54.7 Å². The molecule has 27 heavy (non-hydrogen) atoms. The molecule has 3 aromatic rings. The molecule has 138 valence electrons. The fraction of sp³-hybridized carbons (Fsp3) is 0.286. The first-order chi connectivity index (χ1) is 13.1. The number of pyridine rings is 2. The predicted molar refractivity (Wildman–Crippen MR) is 102 cm³/mol. The zero-order valence-electron chi connectivity index (χ0n) is 15.1. The highest BCUT2D eigenvalue weighted by Gasteiger charge is 2.21. The molecule has 6 heteroatoms. The van der Waals surface area contributed by atoms with Gasteiger partial charge in [0.2, 0.25) is 0 Å². The number of carbonyl (C=O) groups is 1. The summed E-state index contributed by atoms with van der Waals surface area (Å²) in [6.45, 7) is 0.0244. The van der Waals surface area contributed by atoms with Crippen LogP contribution in [0.5, 0.6) is 5.75 Å². The van der Waals surface area contributed by atoms with Gasteiger partial charge in [-0.15, -0.1) is 0 Å². The molecule has 6 nitrogen and oxygen atoms in total. The fourth-order valence-electron chi connectivity index (χ4n) is 3.35. The topological polar surface area (TPSA) is 87.3 Å². The van der Waals surface area contributed by atoms with Crippen molar-refractivity contribution in [1.29, 1.82) is 0 Å². The molecule has 0 unspecified atom stereocenters. The highest BCUT2D eigenvalue weighted by atomic mass is 16.5. The Balaban J connectivity index is 1.69. The molecule has 0 bridgehead atoms. The minimum absolute atomic E-state index is 0.0244. The lowest BCUT2D eigenvalue weighted by Crippen LogP contribution is -2.13. The Kier molecular flexibility index (Phi) is 4.62. The quantitative estimate of drug-likeness (QED) is 0.735. The Bertz CT molecular complexity index is 999. The summed E-state index contributed by atoms with van der Waals surface area (Å²) in [5.41, 5.74) is 9.49. The van der Waals surface area contributed by atoms with E-state index < -0.39 is 6.09 Å². The summed E-state index contributed by atoms with van der Waals surface area (Å²) in [6.07, 6.45) is 4.69. The van der Waals surface area contributed by atoms with Gasteiger partial charge >= 0.3 is 6.09 Å². The molecule has 2 heterocycles. The summed E-state index contributed by atoms with van der Waals surface area (Å²) in [6, 6.07) is 12.1. The third kappa shape index (κ3) is 3.56. The maximum absolute atomic E-state index is 10.8. The Hall–Kier alpha value is -3.15. The van der Waals surface area contributed by atoms with Crippen molar-refractivity contribution in [3.05, 3.63) is 53.9 Å². The number of hydrogen-bond donors (Lipinski definition) is 1. The van der Waals surface area contributed by atoms with Gasteiger partial charge in [-0.1, -0.05) is 12.5 Å². The first kappa shape index (κ1) is 17.3. The highest BCUT2D eigenvalue weighted by Crippen LogP contribution is 2.40. The Morgan fingerprint density at radius 3 is 2.78 bits per heavy atom. The molecule has 1 amide bonds. The molecule has 1 aliphatic rings. The van der Waals surface area contributed by atoms with Crippen LogP contribution in [0.4, 0.5) is 4.79 Å². The number of nitrogens with zero attached hydrogens (tertiary/aromatic N) is 2. The first-order valence-corrected chi connectivity index (χ1v) is 9.00. The summed E-state index contributed by atoms with van der Waals surface area (Å²) >= 11 is 0. The highest BCUT2D eigenvalue weighted by molar-refractivity contribution is 5.82. The van der Waals surface area contributed by atoms with E-state index in [0.29, 0.717) is 11.6 Å². The normalized spacial score (nSPS) is 14.0. The summed E-state index contributed by atoms with van der Waals surface area (Å²) in [5.74, 6) is 1.48. The number of amides is 1. The van der Waals surface area contributed by atoms with Crippen LogP contribution in [-0.4, -0.2) is 23.2 Å². The van der Waals surface area contributed by atoms with Crippen LogP contribution in [-0.2, 0) is 11.3 Å². The van der Waals surface area contributed by atoms with Crippen molar-refractivity contribution in [2.45, 2.75) is 31.8 Å². The van der Waals surface area contributed by atoms with Crippen LogP contribution in [0.25, 0.3) is 22.2 Å². The van der Waals surface area contributed by atoms with Crippen molar-refractivity contribution >= 4 is 17.0 Å². The number of ether oxygens (including phenoxy) is 2. The monoisotopic (exact) mass is 363 g/mol. The molecule has 1 aliphatic carbocycles. The Morgan fingerprint density at radius 2 is 2.07 bits per heavy atom. The van der Waals surface area contributed by atoms with E-state index in [-0.39, 0.29) is 6.61 Å². The van der Waals surface area contributed by atoms with E-state index >= 15 is 0 Å². The van der Waals surface area contributed by atoms with E-state index in [4.69, 9.17) is 20.2 Å². The molecule has 2 N–H and O–H groups in total. The maximum atomic E-state index is 10.8. The average molecular weight is 363 g/mol. The lowest BCUT2D eigenvalue weighted by Gasteiger charge is -2.26. The third-order valence-electron chi connectivity index (χ3n) is 5.07. The van der Waals surface area contributed by atoms with Gasteiger partial charge in [0.1, 0.15) is 12.4 Å². The number of benzene rings is 1. The number of methoxy groups -OCH3 is 1. The third-order valence-corrected chi connectivity index (χ3v) is 5.07. The molecule has 1 aromatic carbocycles. The van der Waals surface area contributed by atoms with E-state index in [1.165, 1.54) is 24.8 Å². The molecule has 0 atom stereocenters. The van der Waals surface area contributed by atoms with Crippen LogP contribution in [0.3, 0.4) is 0 Å². The summed E-state index contributed by atoms with van der Waals surface area (Å²) in [7, 11) is 1.69. The molecular formula is C21H21N3O3. The number of fused-ring (bicyclic) bond motifs is 1. The van der Waals surface area contributed by atoms with Gasteiger partial charge in [-0.2, -0.15) is 0 Å². The summed E-state index contributed by atoms with van der Waals surface area (Å²) in [4.78, 5) is 19.8. The van der Waals surface area contributed by atoms with E-state index in [9.17, 15) is 4.79 Å². The molecule has 0 spiro atoms. The molecule has 0 aliphatic heterocycles. The van der Waals surface area contributed by atoms with Crippen molar-refractivity contribution in [2.24, 2.45) is 5.73 Å². The van der Waals surface area contributed by atoms with Crippen LogP contribution in [0, 0.1) is 0 Å². The largest absolute Gasteiger partial charge is 0.496 e. The molecule has 0 saturated heterocycles. The molecule has 4 rings (SSSR count). The van der Waals surface area contributed by atoms with Gasteiger partial charge in [0.05, 0.1) is 24.0 Å². The zero-order chi connectivity index (χ0) is 18.8. The van der Waals surface area contributed by atoms with E-state index in [1.54, 1.807) is 19.4 Å². The molecule has 2 aromatic heterocycles. The van der Waals surface area contributed by atoms with Gasteiger partial charge in [-0.25, -0.2) is 9.78 Å². The lowest BCUT2D eigenvalue weighted by atomic mass is 9.79. The second-order valence-electron chi connectivity index (χ2n) is 6.76. The van der Waals surface area contributed by atoms with Gasteiger partial charge in [-0.3, -0.25) is 4.98 Å². The number of aromatic nitrogens is 2. The van der Waals surface area contributed by atoms with Gasteiger partial charge < -0.3 is 15.2 Å². The number of carbonyl (C=O) groups excluding carboxylic acids is 1. The van der Waals surface area contributed by atoms with Gasteiger partial charge in [0.25, 0.3) is 0 Å². The van der Waals surface area contributed by atoms with E-state index in [0.717, 1.165) is 27.9 Å². The molecule has 1 saturated carbocycles. The Morgan fingerprint density at radius 1 is 1.22 bits per heavy atom. The molecule has 0 radical (unpaired) electrons. The van der Waals surface area contributed by atoms with Gasteiger partial charge in [0, 0.05) is 17.1 Å². The molecular weight excluding hydrogens is 342 g/mol. The van der Waals surface area contributed by atoms with Crippen molar-refractivity contribution in [2.75, 3.05) is 7.11 Å². The Labute approximate surface area is 157 Å². The lowest BCUT2D eigenvalue weighted by molar-refractivity contribution is 0.149. The zero-order valence-corrected chi connectivity index (χ0v) is 15.1. The van der Waals surface area contributed by atoms with Crippen LogP contribution in [0.15, 0.2) is 42.6 Å². The number of nitrogens with two attached hydrogens (primary N) is 1. The van der Waals surface area contributed by atoms with Crippen LogP contribution in [0.2, 0.25) is 0 Å². The molecule has 1 fully saturated rings. The van der Waals surface area contributed by atoms with Crippen LogP contribution >= 0.6 is 0 Å². The van der Waals surface area contributed by atoms with E-state index in [1.807, 2.05) is 12.1 Å². The predicted octanol–water partition coefficient (Wildman–Crippen LogP) is 4.17. The van der Waals surface area contributed by atoms with Crippen molar-refractivity contribution in [3.8, 4) is 17.0 Å². The van der Waals surface area contributed by atoms with Crippen molar-refractivity contribution in [1.82, 2.24) is 9.97 Å². The minimum atomic E-state index is -0.824. The standard InChI is InChI=1S/C21H21N3O3/c1-26-20-9-14(13-3-2-4-13)5-7-17(20)18-8-6-15-11-23-16(10-19(15)24-18)12-27-21(22)25/h5-11,13H,2-4,12H2,1H3,(H2,22,25). The van der Waals surface area contributed by atoms with Gasteiger partial charge in [0.15, 0.2) is 0 Å². The second kappa shape index (κ2) is 7.23. The SMILES string of the molecule is COc1cc(C2CCC2)ccc1-c1ccc2cnc(COC(N)=O)cc2n1. The first-order valence-electron chi connectivity index (χ1n) is 9.00. The number of rotatable bonds is 5. The second-order valence-corrected chi connectivity index (χ2v) is 6.76. The number of hydrogen-bond acceptors (Lipinski definition) is 5. The smallest absolute Gasteiger partial charge is 0.404 e. The fourth-order valence-corrected chi connectivity index (χ4v) is 3.35. The summed E-state index contributed by atoms with van der Waals surface area (Å²) in [5, 5.41) is 0.909. The van der Waals surface area contributed by atoms with Crippen LogP contribution in [0.1, 0.15) is 36.4 Å². The van der Waals surface area contributed by atoms with Crippen molar-refractivity contribution < 1.29 is 14.3 Å². The van der Waals surface area contributed by atoms with E-state index in [2.05, 4.69) is 23.2 Å². The number of primary amides is 1. The summed E-state index contributed by atoms with van der Waals surface area (Å²) < 4.78 is 10.4. The van der Waals surface area contributed by atoms with Crippen molar-refractivity contribution in [3.63, 3.8) is 0 Å². The minimum Gasteiger partial charge on any atom is -0.496 e. The average Bonchev–Trinajstić information content (AvgIpc) is 2.64.